The number of nitrogens with zero attached hydrogens (tertiary/aromatic N) is 1. The van der Waals surface area contributed by atoms with Gasteiger partial charge >= 0.3 is 0 Å². The monoisotopic (exact) mass is 498 g/mol. The van der Waals surface area contributed by atoms with Crippen LogP contribution < -0.4 is 5.32 Å². The third-order valence-corrected chi connectivity index (χ3v) is 9.39. The van der Waals surface area contributed by atoms with Crippen LogP contribution in [-0.4, -0.2) is 37.1 Å². The van der Waals surface area contributed by atoms with Gasteiger partial charge in [0, 0.05) is 42.3 Å². The van der Waals surface area contributed by atoms with Gasteiger partial charge in [0.1, 0.15) is 0 Å². The normalized spacial score (nSPS) is 24.5. The predicted octanol–water partition coefficient (Wildman–Crippen LogP) is 7.91. The number of hydrogen-bond donors (Lipinski definition) is 1. The van der Waals surface area contributed by atoms with E-state index < -0.39 is 0 Å². The van der Waals surface area contributed by atoms with Crippen molar-refractivity contribution in [2.75, 3.05) is 26.2 Å². The highest BCUT2D eigenvalue weighted by Crippen LogP contribution is 2.43. The summed E-state index contributed by atoms with van der Waals surface area (Å²) >= 11 is 12.9. The first-order valence-corrected chi connectivity index (χ1v) is 14.4. The summed E-state index contributed by atoms with van der Waals surface area (Å²) in [5, 5.41) is 5.48. The number of rotatable bonds is 8. The van der Waals surface area contributed by atoms with Gasteiger partial charge in [0.15, 0.2) is 0 Å². The Morgan fingerprint density at radius 2 is 1.35 bits per heavy atom. The quantitative estimate of drug-likeness (QED) is 0.397. The van der Waals surface area contributed by atoms with Crippen molar-refractivity contribution in [3.8, 4) is 0 Å². The number of halogens is 2. The smallest absolute Gasteiger partial charge is 0.0408 e. The molecule has 5 rings (SSSR count). The van der Waals surface area contributed by atoms with Crippen molar-refractivity contribution in [1.29, 1.82) is 0 Å². The molecule has 3 atom stereocenters. The maximum atomic E-state index is 6.46. The van der Waals surface area contributed by atoms with Crippen LogP contribution in [0, 0.1) is 11.8 Å². The summed E-state index contributed by atoms with van der Waals surface area (Å²) in [7, 11) is 0. The Kier molecular flexibility index (Phi) is 8.53. The van der Waals surface area contributed by atoms with Crippen LogP contribution in [-0.2, 0) is 0 Å². The van der Waals surface area contributed by atoms with Crippen LogP contribution in [0.15, 0.2) is 48.5 Å². The molecule has 2 aromatic carbocycles. The average molecular weight is 500 g/mol. The van der Waals surface area contributed by atoms with E-state index in [9.17, 15) is 0 Å². The molecule has 2 saturated carbocycles. The molecule has 1 saturated heterocycles. The summed E-state index contributed by atoms with van der Waals surface area (Å²) in [4.78, 5) is 2.83. The molecule has 0 aromatic heterocycles. The van der Waals surface area contributed by atoms with Crippen molar-refractivity contribution in [3.63, 3.8) is 0 Å². The predicted molar refractivity (Wildman–Crippen MR) is 145 cm³/mol. The number of nitrogens with one attached hydrogen (secondary N) is 1. The van der Waals surface area contributed by atoms with E-state index >= 15 is 0 Å². The lowest BCUT2D eigenvalue weighted by molar-refractivity contribution is 0.120. The van der Waals surface area contributed by atoms with Crippen LogP contribution in [0.4, 0.5) is 0 Å². The second-order valence-corrected chi connectivity index (χ2v) is 11.9. The summed E-state index contributed by atoms with van der Waals surface area (Å²) in [6.45, 7) is 4.48. The first-order chi connectivity index (χ1) is 16.7. The minimum Gasteiger partial charge on any atom is -0.314 e. The summed E-state index contributed by atoms with van der Waals surface area (Å²) in [5.41, 5.74) is 2.89. The Morgan fingerprint density at radius 3 is 1.94 bits per heavy atom. The maximum absolute atomic E-state index is 6.46. The molecule has 1 aliphatic heterocycles. The molecule has 3 fully saturated rings. The molecule has 2 aromatic rings. The van der Waals surface area contributed by atoms with Gasteiger partial charge in [0.25, 0.3) is 0 Å². The fourth-order valence-electron chi connectivity index (χ4n) is 7.14. The van der Waals surface area contributed by atoms with Crippen molar-refractivity contribution in [2.24, 2.45) is 11.8 Å². The Balaban J connectivity index is 1.37. The summed E-state index contributed by atoms with van der Waals surface area (Å²) in [5.74, 6) is 2.76. The largest absolute Gasteiger partial charge is 0.314 e. The molecule has 1 heterocycles. The molecule has 3 aliphatic rings. The van der Waals surface area contributed by atoms with E-state index in [0.29, 0.717) is 17.9 Å². The molecule has 184 valence electrons. The third kappa shape index (κ3) is 6.01. The SMILES string of the molecule is Clc1cccc(C(CC2CNCCN2CC(c2cccc(Cl)c2)C2CCCC2)C2CCCC2)c1. The van der Waals surface area contributed by atoms with Gasteiger partial charge in [-0.1, -0.05) is 73.2 Å². The number of piperazine rings is 1. The summed E-state index contributed by atoms with van der Waals surface area (Å²) in [6.07, 6.45) is 12.2. The number of benzene rings is 2. The van der Waals surface area contributed by atoms with Crippen molar-refractivity contribution < 1.29 is 0 Å². The van der Waals surface area contributed by atoms with E-state index in [1.54, 1.807) is 0 Å². The molecule has 1 N–H and O–H groups in total. The van der Waals surface area contributed by atoms with Gasteiger partial charge < -0.3 is 5.32 Å². The van der Waals surface area contributed by atoms with E-state index in [2.05, 4.69) is 46.6 Å². The summed E-state index contributed by atoms with van der Waals surface area (Å²) in [6, 6.07) is 18.0. The van der Waals surface area contributed by atoms with Crippen molar-refractivity contribution >= 4 is 23.2 Å². The van der Waals surface area contributed by atoms with Crippen molar-refractivity contribution in [2.45, 2.75) is 75.7 Å². The lowest BCUT2D eigenvalue weighted by atomic mass is 9.79. The third-order valence-electron chi connectivity index (χ3n) is 8.92. The average Bonchev–Trinajstić information content (AvgIpc) is 3.56. The lowest BCUT2D eigenvalue weighted by Crippen LogP contribution is -2.53. The van der Waals surface area contributed by atoms with E-state index in [-0.39, 0.29) is 0 Å². The molecule has 4 heteroatoms. The summed E-state index contributed by atoms with van der Waals surface area (Å²) < 4.78 is 0. The Morgan fingerprint density at radius 1 is 0.794 bits per heavy atom. The first-order valence-electron chi connectivity index (χ1n) is 13.6. The zero-order chi connectivity index (χ0) is 23.3. The van der Waals surface area contributed by atoms with Gasteiger partial charge in [-0.2, -0.15) is 0 Å². The van der Waals surface area contributed by atoms with Gasteiger partial charge in [-0.3, -0.25) is 4.90 Å². The zero-order valence-electron chi connectivity index (χ0n) is 20.4. The second-order valence-electron chi connectivity index (χ2n) is 11.0. The van der Waals surface area contributed by atoms with Crippen molar-refractivity contribution in [1.82, 2.24) is 10.2 Å². The Hall–Kier alpha value is -1.06. The fourth-order valence-corrected chi connectivity index (χ4v) is 7.54. The van der Waals surface area contributed by atoms with Gasteiger partial charge in [-0.25, -0.2) is 0 Å². The second kappa shape index (κ2) is 11.8. The van der Waals surface area contributed by atoms with E-state index in [4.69, 9.17) is 23.2 Å². The number of hydrogen-bond acceptors (Lipinski definition) is 2. The molecule has 0 bridgehead atoms. The molecule has 0 radical (unpaired) electrons. The minimum absolute atomic E-state index is 0.571. The van der Waals surface area contributed by atoms with Crippen LogP contribution in [0.2, 0.25) is 10.0 Å². The lowest BCUT2D eigenvalue weighted by Gasteiger charge is -2.42. The van der Waals surface area contributed by atoms with Gasteiger partial charge in [0.2, 0.25) is 0 Å². The molecule has 2 nitrogen and oxygen atoms in total. The van der Waals surface area contributed by atoms with E-state index in [1.165, 1.54) is 68.9 Å². The van der Waals surface area contributed by atoms with Gasteiger partial charge in [-0.15, -0.1) is 0 Å². The van der Waals surface area contributed by atoms with E-state index in [1.807, 2.05) is 12.1 Å². The molecular weight excluding hydrogens is 459 g/mol. The van der Waals surface area contributed by atoms with Crippen molar-refractivity contribution in [3.05, 3.63) is 69.7 Å². The zero-order valence-corrected chi connectivity index (χ0v) is 21.9. The molecule has 0 amide bonds. The Bertz CT molecular complexity index is 844. The van der Waals surface area contributed by atoms with Crippen LogP contribution in [0.1, 0.15) is 80.8 Å². The molecule has 3 unspecified atom stereocenters. The Labute approximate surface area is 216 Å². The highest BCUT2D eigenvalue weighted by molar-refractivity contribution is 6.30. The molecular formula is C30H40Cl2N2. The van der Waals surface area contributed by atoms with Crippen LogP contribution in [0.25, 0.3) is 0 Å². The van der Waals surface area contributed by atoms with Gasteiger partial charge in [-0.05, 0) is 91.2 Å². The highest BCUT2D eigenvalue weighted by Gasteiger charge is 2.35. The molecule has 0 spiro atoms. The van der Waals surface area contributed by atoms with E-state index in [0.717, 1.165) is 48.1 Å². The minimum atomic E-state index is 0.571. The first kappa shape index (κ1) is 24.6. The van der Waals surface area contributed by atoms with Gasteiger partial charge in [0.05, 0.1) is 0 Å². The fraction of sp³-hybridized carbons (Fsp3) is 0.600. The van der Waals surface area contributed by atoms with Crippen LogP contribution >= 0.6 is 23.2 Å². The maximum Gasteiger partial charge on any atom is 0.0408 e. The molecule has 34 heavy (non-hydrogen) atoms. The topological polar surface area (TPSA) is 15.3 Å². The highest BCUT2D eigenvalue weighted by atomic mass is 35.5. The standard InChI is InChI=1S/C30H40Cl2N2/c31-26-13-5-11-24(17-26)29(22-7-1-2-8-22)19-28-20-33-15-16-34(28)21-30(23-9-3-4-10-23)25-12-6-14-27(32)18-25/h5-6,11-14,17-18,22-23,28-30,33H,1-4,7-10,15-16,19-21H2. The van der Waals surface area contributed by atoms with Crippen LogP contribution in [0.3, 0.4) is 0 Å². The molecule has 2 aliphatic carbocycles. The van der Waals surface area contributed by atoms with Crippen LogP contribution in [0.5, 0.6) is 0 Å².